The Morgan fingerprint density at radius 3 is 3.12 bits per heavy atom. The molecule has 1 aromatic carbocycles. The van der Waals surface area contributed by atoms with Gasteiger partial charge in [-0.1, -0.05) is 6.07 Å². The van der Waals surface area contributed by atoms with Crippen LogP contribution in [-0.2, 0) is 6.42 Å². The molecule has 0 aliphatic carbocycles. The zero-order valence-electron chi connectivity index (χ0n) is 9.60. The highest BCUT2D eigenvalue weighted by Gasteiger charge is 2.12. The quantitative estimate of drug-likeness (QED) is 0.821. The second-order valence-electron chi connectivity index (χ2n) is 3.97. The molecular formula is C13H13NOS2. The second-order valence-corrected chi connectivity index (χ2v) is 5.96. The van der Waals surface area contributed by atoms with E-state index in [2.05, 4.69) is 23.2 Å². The Hall–Kier alpha value is -1.00. The van der Waals surface area contributed by atoms with Crippen molar-refractivity contribution in [2.24, 2.45) is 0 Å². The summed E-state index contributed by atoms with van der Waals surface area (Å²) >= 11 is 3.60. The molecule has 0 bridgehead atoms. The Bertz CT molecular complexity index is 536. The van der Waals surface area contributed by atoms with Crippen LogP contribution in [0.5, 0.6) is 5.88 Å². The second kappa shape index (κ2) is 4.70. The van der Waals surface area contributed by atoms with Crippen LogP contribution in [0, 0.1) is 0 Å². The van der Waals surface area contributed by atoms with Crippen molar-refractivity contribution in [1.29, 1.82) is 0 Å². The number of rotatable bonds is 2. The van der Waals surface area contributed by atoms with Crippen LogP contribution >= 0.6 is 23.1 Å². The SMILES string of the molecule is COc1csc(-c2ccc3c(c2)CCCS3)n1. The van der Waals surface area contributed by atoms with Gasteiger partial charge in [-0.2, -0.15) is 0 Å². The number of ether oxygens (including phenoxy) is 1. The van der Waals surface area contributed by atoms with Gasteiger partial charge in [-0.25, -0.2) is 4.98 Å². The number of fused-ring (bicyclic) bond motifs is 1. The van der Waals surface area contributed by atoms with Crippen LogP contribution in [0.1, 0.15) is 12.0 Å². The molecule has 4 heteroatoms. The van der Waals surface area contributed by atoms with Crippen molar-refractivity contribution in [1.82, 2.24) is 4.98 Å². The molecule has 2 aromatic rings. The zero-order chi connectivity index (χ0) is 11.7. The Morgan fingerprint density at radius 1 is 1.35 bits per heavy atom. The number of nitrogens with zero attached hydrogens (tertiary/aromatic N) is 1. The lowest BCUT2D eigenvalue weighted by Crippen LogP contribution is -1.98. The van der Waals surface area contributed by atoms with E-state index in [9.17, 15) is 0 Å². The highest BCUT2D eigenvalue weighted by molar-refractivity contribution is 7.99. The molecule has 0 N–H and O–H groups in total. The summed E-state index contributed by atoms with van der Waals surface area (Å²) < 4.78 is 5.12. The summed E-state index contributed by atoms with van der Waals surface area (Å²) in [7, 11) is 1.66. The number of aryl methyl sites for hydroxylation is 1. The standard InChI is InChI=1S/C13H13NOS2/c1-15-12-8-17-13(14-12)10-4-5-11-9(7-10)3-2-6-16-11/h4-5,7-8H,2-3,6H2,1H3. The Kier molecular flexibility index (Phi) is 3.07. The maximum absolute atomic E-state index is 5.12. The van der Waals surface area contributed by atoms with Crippen LogP contribution in [0.15, 0.2) is 28.5 Å². The normalized spacial score (nSPS) is 14.4. The lowest BCUT2D eigenvalue weighted by Gasteiger charge is -2.15. The van der Waals surface area contributed by atoms with Gasteiger partial charge >= 0.3 is 0 Å². The monoisotopic (exact) mass is 263 g/mol. The van der Waals surface area contributed by atoms with Gasteiger partial charge in [0.25, 0.3) is 0 Å². The van der Waals surface area contributed by atoms with E-state index in [0.717, 1.165) is 5.01 Å². The predicted octanol–water partition coefficient (Wildman–Crippen LogP) is 3.86. The molecule has 2 nitrogen and oxygen atoms in total. The molecule has 0 saturated heterocycles. The molecule has 1 aliphatic heterocycles. The number of methoxy groups -OCH3 is 1. The van der Waals surface area contributed by atoms with Crippen LogP contribution in [0.3, 0.4) is 0 Å². The molecule has 1 aromatic heterocycles. The van der Waals surface area contributed by atoms with Gasteiger partial charge in [-0.15, -0.1) is 23.1 Å². The number of hydrogen-bond acceptors (Lipinski definition) is 4. The number of thioether (sulfide) groups is 1. The first-order valence-corrected chi connectivity index (χ1v) is 7.49. The predicted molar refractivity (Wildman–Crippen MR) is 73.1 cm³/mol. The molecule has 0 spiro atoms. The third-order valence-corrected chi connectivity index (χ3v) is 4.92. The summed E-state index contributed by atoms with van der Waals surface area (Å²) in [5.74, 6) is 1.95. The minimum absolute atomic E-state index is 0.706. The lowest BCUT2D eigenvalue weighted by molar-refractivity contribution is 0.401. The van der Waals surface area contributed by atoms with E-state index >= 15 is 0 Å². The summed E-state index contributed by atoms with van der Waals surface area (Å²) in [6.45, 7) is 0. The third-order valence-electron chi connectivity index (χ3n) is 2.85. The molecule has 17 heavy (non-hydrogen) atoms. The van der Waals surface area contributed by atoms with Crippen molar-refractivity contribution in [3.05, 3.63) is 29.1 Å². The van der Waals surface area contributed by atoms with E-state index < -0.39 is 0 Å². The van der Waals surface area contributed by atoms with Crippen molar-refractivity contribution < 1.29 is 4.74 Å². The minimum Gasteiger partial charge on any atom is -0.480 e. The lowest BCUT2D eigenvalue weighted by atomic mass is 10.1. The van der Waals surface area contributed by atoms with E-state index in [-0.39, 0.29) is 0 Å². The molecule has 0 saturated carbocycles. The maximum Gasteiger partial charge on any atom is 0.224 e. The van der Waals surface area contributed by atoms with Crippen molar-refractivity contribution in [2.45, 2.75) is 17.7 Å². The van der Waals surface area contributed by atoms with Crippen molar-refractivity contribution in [2.75, 3.05) is 12.9 Å². The molecule has 0 atom stereocenters. The largest absolute Gasteiger partial charge is 0.480 e. The van der Waals surface area contributed by atoms with Gasteiger partial charge in [-0.05, 0) is 36.3 Å². The van der Waals surface area contributed by atoms with E-state index in [1.54, 1.807) is 18.4 Å². The molecule has 2 heterocycles. The summed E-state index contributed by atoms with van der Waals surface area (Å²) in [6, 6.07) is 6.66. The Balaban J connectivity index is 1.97. The summed E-state index contributed by atoms with van der Waals surface area (Å²) in [4.78, 5) is 5.87. The number of thiazole rings is 1. The van der Waals surface area contributed by atoms with Gasteiger partial charge in [0.2, 0.25) is 5.88 Å². The average molecular weight is 263 g/mol. The summed E-state index contributed by atoms with van der Waals surface area (Å²) in [5.41, 5.74) is 2.67. The first-order valence-electron chi connectivity index (χ1n) is 5.62. The first-order chi connectivity index (χ1) is 8.36. The number of aromatic nitrogens is 1. The van der Waals surface area contributed by atoms with Crippen molar-refractivity contribution in [3.8, 4) is 16.5 Å². The van der Waals surface area contributed by atoms with E-state index in [0.29, 0.717) is 5.88 Å². The van der Waals surface area contributed by atoms with Gasteiger partial charge in [-0.3, -0.25) is 0 Å². The fourth-order valence-corrected chi connectivity index (χ4v) is 3.77. The molecule has 3 rings (SSSR count). The van der Waals surface area contributed by atoms with Crippen LogP contribution in [0.25, 0.3) is 10.6 Å². The molecule has 0 radical (unpaired) electrons. The van der Waals surface area contributed by atoms with Crippen LogP contribution < -0.4 is 4.74 Å². The molecule has 0 unspecified atom stereocenters. The molecule has 88 valence electrons. The highest BCUT2D eigenvalue weighted by atomic mass is 32.2. The topological polar surface area (TPSA) is 22.1 Å². The Morgan fingerprint density at radius 2 is 2.29 bits per heavy atom. The van der Waals surface area contributed by atoms with Gasteiger partial charge in [0, 0.05) is 10.5 Å². The van der Waals surface area contributed by atoms with Crippen LogP contribution in [0.2, 0.25) is 0 Å². The highest BCUT2D eigenvalue weighted by Crippen LogP contribution is 2.34. The average Bonchev–Trinajstić information content (AvgIpc) is 2.87. The first kappa shape index (κ1) is 11.1. The van der Waals surface area contributed by atoms with E-state index in [1.807, 2.05) is 17.1 Å². The van der Waals surface area contributed by atoms with E-state index in [1.165, 1.54) is 34.6 Å². The van der Waals surface area contributed by atoms with E-state index in [4.69, 9.17) is 4.74 Å². The maximum atomic E-state index is 5.12. The number of hydrogen-bond donors (Lipinski definition) is 0. The van der Waals surface area contributed by atoms with Crippen molar-refractivity contribution in [3.63, 3.8) is 0 Å². The fourth-order valence-electron chi connectivity index (χ4n) is 1.98. The van der Waals surface area contributed by atoms with Gasteiger partial charge < -0.3 is 4.74 Å². The van der Waals surface area contributed by atoms with Gasteiger partial charge in [0.15, 0.2) is 0 Å². The van der Waals surface area contributed by atoms with Crippen LogP contribution in [0.4, 0.5) is 0 Å². The molecular weight excluding hydrogens is 250 g/mol. The van der Waals surface area contributed by atoms with Gasteiger partial charge in [0.05, 0.1) is 12.5 Å². The minimum atomic E-state index is 0.706. The summed E-state index contributed by atoms with van der Waals surface area (Å²) in [6.07, 6.45) is 2.47. The van der Waals surface area contributed by atoms with Crippen molar-refractivity contribution >= 4 is 23.1 Å². The third kappa shape index (κ3) is 2.19. The number of benzene rings is 1. The van der Waals surface area contributed by atoms with Crippen LogP contribution in [-0.4, -0.2) is 17.8 Å². The molecule has 0 amide bonds. The zero-order valence-corrected chi connectivity index (χ0v) is 11.2. The molecule has 1 aliphatic rings. The molecule has 0 fully saturated rings. The summed E-state index contributed by atoms with van der Waals surface area (Å²) in [5, 5.41) is 2.99. The fraction of sp³-hybridized carbons (Fsp3) is 0.308. The Labute approximate surface area is 109 Å². The van der Waals surface area contributed by atoms with Gasteiger partial charge in [0.1, 0.15) is 5.01 Å². The smallest absolute Gasteiger partial charge is 0.224 e.